The van der Waals surface area contributed by atoms with Gasteiger partial charge in [0, 0.05) is 13.1 Å². The molecule has 0 bridgehead atoms. The number of furan rings is 1. The van der Waals surface area contributed by atoms with Gasteiger partial charge in [-0.1, -0.05) is 13.3 Å². The van der Waals surface area contributed by atoms with Crippen LogP contribution in [0.15, 0.2) is 21.2 Å². The van der Waals surface area contributed by atoms with Gasteiger partial charge in [0.1, 0.15) is 5.76 Å². The number of hydrogen-bond acceptors (Lipinski definition) is 3. The van der Waals surface area contributed by atoms with E-state index in [4.69, 9.17) is 4.42 Å². The molecule has 0 spiro atoms. The van der Waals surface area contributed by atoms with E-state index in [1.807, 2.05) is 19.1 Å². The highest BCUT2D eigenvalue weighted by Crippen LogP contribution is 2.39. The first-order valence-electron chi connectivity index (χ1n) is 6.71. The van der Waals surface area contributed by atoms with Crippen LogP contribution in [-0.2, 0) is 4.79 Å². The van der Waals surface area contributed by atoms with Gasteiger partial charge >= 0.3 is 5.97 Å². The molecule has 1 fully saturated rings. The van der Waals surface area contributed by atoms with Gasteiger partial charge in [0.05, 0.1) is 11.5 Å². The zero-order valence-electron chi connectivity index (χ0n) is 11.4. The average Bonchev–Trinajstić information content (AvgIpc) is 2.96. The number of halogens is 1. The summed E-state index contributed by atoms with van der Waals surface area (Å²) >= 11 is 3.30. The second-order valence-corrected chi connectivity index (χ2v) is 6.16. The Bertz CT molecular complexity index is 459. The molecule has 0 saturated carbocycles. The van der Waals surface area contributed by atoms with Gasteiger partial charge in [-0.2, -0.15) is 0 Å². The topological polar surface area (TPSA) is 53.7 Å². The van der Waals surface area contributed by atoms with Gasteiger partial charge in [0.25, 0.3) is 0 Å². The molecule has 2 unspecified atom stereocenters. The quantitative estimate of drug-likeness (QED) is 0.895. The first-order chi connectivity index (χ1) is 8.98. The van der Waals surface area contributed by atoms with Gasteiger partial charge < -0.3 is 9.52 Å². The van der Waals surface area contributed by atoms with Crippen LogP contribution in [0.3, 0.4) is 0 Å². The van der Waals surface area contributed by atoms with E-state index in [1.54, 1.807) is 0 Å². The average molecular weight is 330 g/mol. The standard InChI is InChI=1S/C14H20BrNO3/c1-3-6-14(13(17)18)7-8-16(9-14)10(2)11-4-5-12(15)19-11/h4-5,10H,3,6-9H2,1-2H3,(H,17,18). The van der Waals surface area contributed by atoms with Crippen LogP contribution in [0, 0.1) is 5.41 Å². The molecule has 0 aliphatic carbocycles. The number of carboxylic acids is 1. The summed E-state index contributed by atoms with van der Waals surface area (Å²) in [5.74, 6) is 0.217. The molecule has 5 heteroatoms. The minimum Gasteiger partial charge on any atom is -0.481 e. The maximum absolute atomic E-state index is 11.6. The molecule has 2 rings (SSSR count). The fraction of sp³-hybridized carbons (Fsp3) is 0.643. The van der Waals surface area contributed by atoms with Gasteiger partial charge in [-0.05, 0) is 47.8 Å². The molecule has 1 aromatic rings. The van der Waals surface area contributed by atoms with Crippen LogP contribution in [0.25, 0.3) is 0 Å². The monoisotopic (exact) mass is 329 g/mol. The number of aliphatic carboxylic acids is 1. The molecule has 1 aromatic heterocycles. The highest BCUT2D eigenvalue weighted by Gasteiger charge is 2.45. The van der Waals surface area contributed by atoms with E-state index in [2.05, 4.69) is 27.8 Å². The van der Waals surface area contributed by atoms with Crippen molar-refractivity contribution >= 4 is 21.9 Å². The first kappa shape index (κ1) is 14.6. The molecule has 2 atom stereocenters. The summed E-state index contributed by atoms with van der Waals surface area (Å²) in [5, 5.41) is 9.51. The number of likely N-dealkylation sites (tertiary alicyclic amines) is 1. The Labute approximate surface area is 121 Å². The third-order valence-corrected chi connectivity index (χ3v) is 4.55. The van der Waals surface area contributed by atoms with Crippen LogP contribution in [0.5, 0.6) is 0 Å². The van der Waals surface area contributed by atoms with E-state index >= 15 is 0 Å². The van der Waals surface area contributed by atoms with Crippen molar-refractivity contribution in [1.82, 2.24) is 4.90 Å². The zero-order chi connectivity index (χ0) is 14.0. The number of carbonyl (C=O) groups is 1. The van der Waals surface area contributed by atoms with Crippen molar-refractivity contribution in [2.24, 2.45) is 5.41 Å². The van der Waals surface area contributed by atoms with E-state index in [0.717, 1.165) is 31.6 Å². The summed E-state index contributed by atoms with van der Waals surface area (Å²) in [6, 6.07) is 3.93. The second-order valence-electron chi connectivity index (χ2n) is 5.37. The molecule has 106 valence electrons. The minimum absolute atomic E-state index is 0.115. The summed E-state index contributed by atoms with van der Waals surface area (Å²) < 4.78 is 6.29. The smallest absolute Gasteiger partial charge is 0.310 e. The summed E-state index contributed by atoms with van der Waals surface area (Å²) in [6.45, 7) is 5.52. The van der Waals surface area contributed by atoms with Crippen LogP contribution in [-0.4, -0.2) is 29.1 Å². The first-order valence-corrected chi connectivity index (χ1v) is 7.50. The highest BCUT2D eigenvalue weighted by atomic mass is 79.9. The number of nitrogens with zero attached hydrogens (tertiary/aromatic N) is 1. The molecule has 19 heavy (non-hydrogen) atoms. The molecule has 1 aliphatic heterocycles. The molecule has 0 amide bonds. The molecule has 0 aromatic carbocycles. The number of hydrogen-bond donors (Lipinski definition) is 1. The summed E-state index contributed by atoms with van der Waals surface area (Å²) in [6.07, 6.45) is 2.37. The molecular formula is C14H20BrNO3. The summed E-state index contributed by atoms with van der Waals surface area (Å²) in [4.78, 5) is 13.8. The Morgan fingerprint density at radius 1 is 1.63 bits per heavy atom. The van der Waals surface area contributed by atoms with Crippen molar-refractivity contribution in [2.75, 3.05) is 13.1 Å². The van der Waals surface area contributed by atoms with Crippen molar-refractivity contribution in [1.29, 1.82) is 0 Å². The Balaban J connectivity index is 2.10. The van der Waals surface area contributed by atoms with Crippen molar-refractivity contribution in [2.45, 2.75) is 39.2 Å². The maximum Gasteiger partial charge on any atom is 0.310 e. The van der Waals surface area contributed by atoms with E-state index in [0.29, 0.717) is 11.2 Å². The van der Waals surface area contributed by atoms with Gasteiger partial charge in [0.15, 0.2) is 4.67 Å². The molecular weight excluding hydrogens is 310 g/mol. The molecule has 2 heterocycles. The molecule has 1 N–H and O–H groups in total. The van der Waals surface area contributed by atoms with Crippen molar-refractivity contribution in [3.8, 4) is 0 Å². The number of rotatable bonds is 5. The van der Waals surface area contributed by atoms with Crippen molar-refractivity contribution in [3.63, 3.8) is 0 Å². The third-order valence-electron chi connectivity index (χ3n) is 4.12. The van der Waals surface area contributed by atoms with Gasteiger partial charge in [-0.15, -0.1) is 0 Å². The Morgan fingerprint density at radius 3 is 2.89 bits per heavy atom. The van der Waals surface area contributed by atoms with Gasteiger partial charge in [0.2, 0.25) is 0 Å². The molecule has 1 aliphatic rings. The van der Waals surface area contributed by atoms with Crippen LogP contribution in [0.4, 0.5) is 0 Å². The van der Waals surface area contributed by atoms with Crippen LogP contribution in [0.2, 0.25) is 0 Å². The van der Waals surface area contributed by atoms with E-state index in [-0.39, 0.29) is 6.04 Å². The molecule has 1 saturated heterocycles. The molecule has 0 radical (unpaired) electrons. The molecule has 4 nitrogen and oxygen atoms in total. The van der Waals surface area contributed by atoms with Crippen LogP contribution >= 0.6 is 15.9 Å². The number of carboxylic acid groups (broad SMARTS) is 1. The third kappa shape index (κ3) is 2.87. The van der Waals surface area contributed by atoms with E-state index < -0.39 is 11.4 Å². The lowest BCUT2D eigenvalue weighted by Crippen LogP contribution is -2.35. The van der Waals surface area contributed by atoms with E-state index in [9.17, 15) is 9.90 Å². The predicted molar refractivity (Wildman–Crippen MR) is 76.0 cm³/mol. The Morgan fingerprint density at radius 2 is 2.37 bits per heavy atom. The second kappa shape index (κ2) is 5.67. The highest BCUT2D eigenvalue weighted by molar-refractivity contribution is 9.10. The van der Waals surface area contributed by atoms with Crippen molar-refractivity contribution in [3.05, 3.63) is 22.6 Å². The minimum atomic E-state index is -0.662. The lowest BCUT2D eigenvalue weighted by molar-refractivity contribution is -0.148. The predicted octanol–water partition coefficient (Wildman–Crippen LogP) is 3.68. The normalized spacial score (nSPS) is 25.6. The van der Waals surface area contributed by atoms with E-state index in [1.165, 1.54) is 0 Å². The Hall–Kier alpha value is -0.810. The van der Waals surface area contributed by atoms with Crippen LogP contribution < -0.4 is 0 Å². The fourth-order valence-electron chi connectivity index (χ4n) is 2.93. The van der Waals surface area contributed by atoms with Gasteiger partial charge in [-0.3, -0.25) is 9.69 Å². The lowest BCUT2D eigenvalue weighted by Gasteiger charge is -2.27. The maximum atomic E-state index is 11.6. The van der Waals surface area contributed by atoms with Crippen molar-refractivity contribution < 1.29 is 14.3 Å². The Kier molecular flexibility index (Phi) is 4.36. The lowest BCUT2D eigenvalue weighted by atomic mass is 9.83. The van der Waals surface area contributed by atoms with Gasteiger partial charge in [-0.25, -0.2) is 0 Å². The zero-order valence-corrected chi connectivity index (χ0v) is 12.9. The summed E-state index contributed by atoms with van der Waals surface area (Å²) in [5.41, 5.74) is -0.577. The fourth-order valence-corrected chi connectivity index (χ4v) is 3.25. The van der Waals surface area contributed by atoms with Crippen LogP contribution in [0.1, 0.15) is 44.9 Å². The SMILES string of the molecule is CCCC1(C(=O)O)CCN(C(C)c2ccc(Br)o2)C1. The summed E-state index contributed by atoms with van der Waals surface area (Å²) in [7, 11) is 0. The largest absolute Gasteiger partial charge is 0.481 e.